The van der Waals surface area contributed by atoms with Crippen LogP contribution < -0.4 is 0 Å². The molecule has 1 N–H and O–H groups in total. The lowest BCUT2D eigenvalue weighted by molar-refractivity contribution is -0.143. The van der Waals surface area contributed by atoms with Crippen LogP contribution in [-0.4, -0.2) is 36.9 Å². The number of sulfonamides is 1. The molecule has 1 aromatic carbocycles. The highest BCUT2D eigenvalue weighted by atomic mass is 35.5. The molecule has 0 spiro atoms. The zero-order chi connectivity index (χ0) is 16.7. The topological polar surface area (TPSA) is 74.7 Å². The van der Waals surface area contributed by atoms with Gasteiger partial charge in [0.2, 0.25) is 10.0 Å². The smallest absolute Gasteiger partial charge is 0.307 e. The molecule has 0 aliphatic carbocycles. The number of hydrogen-bond acceptors (Lipinski definition) is 3. The van der Waals surface area contributed by atoms with Gasteiger partial charge in [-0.1, -0.05) is 18.5 Å². The van der Waals surface area contributed by atoms with Crippen molar-refractivity contribution in [3.8, 4) is 0 Å². The predicted octanol–water partition coefficient (Wildman–Crippen LogP) is 2.35. The lowest BCUT2D eigenvalue weighted by atomic mass is 9.92. The highest BCUT2D eigenvalue weighted by molar-refractivity contribution is 7.89. The summed E-state index contributed by atoms with van der Waals surface area (Å²) < 4.78 is 53.1. The van der Waals surface area contributed by atoms with Gasteiger partial charge in [-0.05, 0) is 24.5 Å². The van der Waals surface area contributed by atoms with Crippen LogP contribution in [-0.2, 0) is 14.8 Å². The van der Waals surface area contributed by atoms with Crippen LogP contribution in [0, 0.1) is 23.5 Å². The zero-order valence-electron chi connectivity index (χ0n) is 11.6. The Balaban J connectivity index is 2.47. The number of benzene rings is 1. The maximum Gasteiger partial charge on any atom is 0.307 e. The van der Waals surface area contributed by atoms with Crippen LogP contribution >= 0.6 is 11.6 Å². The van der Waals surface area contributed by atoms with Crippen LogP contribution in [0.5, 0.6) is 0 Å². The van der Waals surface area contributed by atoms with Gasteiger partial charge in [0.15, 0.2) is 11.6 Å². The van der Waals surface area contributed by atoms with Gasteiger partial charge < -0.3 is 5.11 Å². The first kappa shape index (κ1) is 17.1. The Morgan fingerprint density at radius 1 is 1.36 bits per heavy atom. The molecule has 1 aliphatic heterocycles. The van der Waals surface area contributed by atoms with E-state index in [1.165, 1.54) is 0 Å². The monoisotopic (exact) mass is 353 g/mol. The largest absolute Gasteiger partial charge is 0.481 e. The second kappa shape index (κ2) is 6.10. The van der Waals surface area contributed by atoms with E-state index >= 15 is 0 Å². The minimum absolute atomic E-state index is 0.0262. The van der Waals surface area contributed by atoms with E-state index in [-0.39, 0.29) is 19.0 Å². The van der Waals surface area contributed by atoms with Gasteiger partial charge >= 0.3 is 5.97 Å². The highest BCUT2D eigenvalue weighted by Gasteiger charge is 2.38. The Bertz CT molecular complexity index is 710. The molecule has 2 rings (SSSR count). The van der Waals surface area contributed by atoms with E-state index in [2.05, 4.69) is 0 Å². The summed E-state index contributed by atoms with van der Waals surface area (Å²) in [6.07, 6.45) is 0.320. The van der Waals surface area contributed by atoms with E-state index in [4.69, 9.17) is 16.7 Å². The van der Waals surface area contributed by atoms with Crippen molar-refractivity contribution in [1.29, 1.82) is 0 Å². The molecule has 1 aromatic rings. The van der Waals surface area contributed by atoms with Crippen LogP contribution in [0.1, 0.15) is 13.3 Å². The molecule has 0 aromatic heterocycles. The summed E-state index contributed by atoms with van der Waals surface area (Å²) in [5.41, 5.74) is 0. The van der Waals surface area contributed by atoms with Gasteiger partial charge in [-0.2, -0.15) is 4.31 Å². The molecule has 22 heavy (non-hydrogen) atoms. The van der Waals surface area contributed by atoms with Crippen LogP contribution in [0.15, 0.2) is 17.0 Å². The van der Waals surface area contributed by atoms with Crippen molar-refractivity contribution >= 4 is 27.6 Å². The average molecular weight is 354 g/mol. The Hall–Kier alpha value is -1.25. The lowest BCUT2D eigenvalue weighted by Gasteiger charge is -2.33. The third-order valence-electron chi connectivity index (χ3n) is 3.58. The number of carbonyl (C=O) groups is 1. The fourth-order valence-corrected chi connectivity index (χ4v) is 4.71. The second-order valence-electron chi connectivity index (χ2n) is 5.37. The van der Waals surface area contributed by atoms with Gasteiger partial charge in [0.1, 0.15) is 4.90 Å². The Morgan fingerprint density at radius 3 is 2.59 bits per heavy atom. The highest BCUT2D eigenvalue weighted by Crippen LogP contribution is 2.32. The summed E-state index contributed by atoms with van der Waals surface area (Å²) in [5.74, 6) is -5.13. The summed E-state index contributed by atoms with van der Waals surface area (Å²) in [6, 6.07) is 1.68. The van der Waals surface area contributed by atoms with Crippen molar-refractivity contribution < 1.29 is 27.1 Å². The van der Waals surface area contributed by atoms with Crippen LogP contribution in [0.3, 0.4) is 0 Å². The SMILES string of the molecule is CC1CC(C(=O)O)CN(S(=O)(=O)c2c(Cl)ccc(F)c2F)C1. The van der Waals surface area contributed by atoms with Gasteiger partial charge in [-0.15, -0.1) is 0 Å². The molecule has 1 fully saturated rings. The maximum absolute atomic E-state index is 13.9. The van der Waals surface area contributed by atoms with Crippen molar-refractivity contribution in [1.82, 2.24) is 4.31 Å². The molecular weight excluding hydrogens is 340 g/mol. The molecule has 0 saturated carbocycles. The van der Waals surface area contributed by atoms with Crippen molar-refractivity contribution in [2.24, 2.45) is 11.8 Å². The normalized spacial score (nSPS) is 23.5. The van der Waals surface area contributed by atoms with E-state index in [1.807, 2.05) is 0 Å². The van der Waals surface area contributed by atoms with Gasteiger partial charge in [0.25, 0.3) is 0 Å². The number of piperidine rings is 1. The number of carboxylic acid groups (broad SMARTS) is 1. The summed E-state index contributed by atoms with van der Waals surface area (Å²) in [4.78, 5) is 10.2. The number of carboxylic acids is 1. The molecule has 0 radical (unpaired) electrons. The number of aliphatic carboxylic acids is 1. The van der Waals surface area contributed by atoms with E-state index < -0.39 is 43.5 Å². The molecule has 0 bridgehead atoms. The molecule has 122 valence electrons. The van der Waals surface area contributed by atoms with Crippen LogP contribution in [0.25, 0.3) is 0 Å². The minimum atomic E-state index is -4.42. The van der Waals surface area contributed by atoms with E-state index in [0.717, 1.165) is 16.4 Å². The van der Waals surface area contributed by atoms with E-state index in [1.54, 1.807) is 6.92 Å². The van der Waals surface area contributed by atoms with Gasteiger partial charge in [0.05, 0.1) is 10.9 Å². The summed E-state index contributed by atoms with van der Waals surface area (Å²) in [7, 11) is -4.42. The summed E-state index contributed by atoms with van der Waals surface area (Å²) >= 11 is 5.71. The van der Waals surface area contributed by atoms with Crippen molar-refractivity contribution in [3.63, 3.8) is 0 Å². The number of rotatable bonds is 3. The van der Waals surface area contributed by atoms with Crippen molar-refractivity contribution in [2.75, 3.05) is 13.1 Å². The quantitative estimate of drug-likeness (QED) is 0.846. The zero-order valence-corrected chi connectivity index (χ0v) is 13.2. The standard InChI is InChI=1S/C13H14ClF2NO4S/c1-7-4-8(13(18)19)6-17(5-7)22(20,21)12-9(14)2-3-10(15)11(12)16/h2-3,7-8H,4-6H2,1H3,(H,18,19). The number of hydrogen-bond donors (Lipinski definition) is 1. The maximum atomic E-state index is 13.9. The number of nitrogens with zero attached hydrogens (tertiary/aromatic N) is 1. The first-order valence-corrected chi connectivity index (χ1v) is 8.32. The van der Waals surface area contributed by atoms with E-state index in [0.29, 0.717) is 6.42 Å². The molecule has 1 aliphatic rings. The predicted molar refractivity (Wildman–Crippen MR) is 75.0 cm³/mol. The molecule has 2 unspecified atom stereocenters. The fraction of sp³-hybridized carbons (Fsp3) is 0.462. The fourth-order valence-electron chi connectivity index (χ4n) is 2.55. The van der Waals surface area contributed by atoms with Gasteiger partial charge in [-0.3, -0.25) is 4.79 Å². The van der Waals surface area contributed by atoms with Gasteiger partial charge in [0, 0.05) is 13.1 Å². The molecule has 0 amide bonds. The Labute approximate surface area is 131 Å². The van der Waals surface area contributed by atoms with Crippen molar-refractivity contribution in [3.05, 3.63) is 28.8 Å². The Morgan fingerprint density at radius 2 is 2.00 bits per heavy atom. The van der Waals surface area contributed by atoms with Gasteiger partial charge in [-0.25, -0.2) is 17.2 Å². The molecular formula is C13H14ClF2NO4S. The van der Waals surface area contributed by atoms with Crippen molar-refractivity contribution in [2.45, 2.75) is 18.2 Å². The first-order valence-electron chi connectivity index (χ1n) is 6.51. The molecule has 1 heterocycles. The van der Waals surface area contributed by atoms with Crippen LogP contribution in [0.2, 0.25) is 5.02 Å². The third-order valence-corrected chi connectivity index (χ3v) is 5.90. The first-order chi connectivity index (χ1) is 10.1. The Kier molecular flexibility index (Phi) is 4.74. The summed E-state index contributed by atoms with van der Waals surface area (Å²) in [6.45, 7) is 1.42. The minimum Gasteiger partial charge on any atom is -0.481 e. The van der Waals surface area contributed by atoms with E-state index in [9.17, 15) is 22.0 Å². The molecule has 2 atom stereocenters. The molecule has 5 nitrogen and oxygen atoms in total. The van der Waals surface area contributed by atoms with Crippen LogP contribution in [0.4, 0.5) is 8.78 Å². The molecule has 9 heteroatoms. The third kappa shape index (κ3) is 3.09. The second-order valence-corrected chi connectivity index (χ2v) is 7.65. The lowest BCUT2D eigenvalue weighted by Crippen LogP contribution is -2.45. The average Bonchev–Trinajstić information content (AvgIpc) is 2.42. The number of halogens is 3. The molecule has 1 saturated heterocycles. The summed E-state index contributed by atoms with van der Waals surface area (Å²) in [5, 5.41) is 8.64.